The molecule has 0 aliphatic carbocycles. The number of benzene rings is 1. The summed E-state index contributed by atoms with van der Waals surface area (Å²) in [7, 11) is -3.48. The van der Waals surface area contributed by atoms with Crippen molar-refractivity contribution in [3.05, 3.63) is 17.7 Å². The highest BCUT2D eigenvalue weighted by Gasteiger charge is 2.79. The molecule has 0 atom stereocenters. The fraction of sp³-hybridized carbons (Fsp3) is 0.125. The lowest BCUT2D eigenvalue weighted by Crippen LogP contribution is -2.59. The Morgan fingerprint density at radius 3 is 2.11 bits per heavy atom. The molecule has 0 saturated carbocycles. The normalized spacial score (nSPS) is 32.2. The van der Waals surface area contributed by atoms with Gasteiger partial charge in [-0.15, -0.1) is 0 Å². The zero-order valence-corrected chi connectivity index (χ0v) is 9.29. The molecule has 0 aromatic heterocycles. The number of phenolic OH excluding ortho intramolecular Hbond substituents is 3. The van der Waals surface area contributed by atoms with Crippen LogP contribution in [-0.2, 0) is 22.9 Å². The quantitative estimate of drug-likeness (QED) is 0.406. The molecule has 3 saturated heterocycles. The molecule has 0 spiro atoms. The van der Waals surface area contributed by atoms with Gasteiger partial charge in [0.15, 0.2) is 17.2 Å². The van der Waals surface area contributed by atoms with Crippen LogP contribution >= 0.6 is 7.82 Å². The zero-order valence-electron chi connectivity index (χ0n) is 8.39. The molecule has 4 rings (SSSR count). The maximum absolute atomic E-state index is 11.5. The molecule has 0 unspecified atom stereocenters. The van der Waals surface area contributed by atoms with Gasteiger partial charge in [-0.05, 0) is 12.1 Å². The summed E-state index contributed by atoms with van der Waals surface area (Å²) in [6.07, 6.45) is -2.10. The van der Waals surface area contributed by atoms with Crippen molar-refractivity contribution < 1.29 is 43.0 Å². The van der Waals surface area contributed by atoms with Crippen molar-refractivity contribution in [2.75, 3.05) is 0 Å². The fourth-order valence-corrected chi connectivity index (χ4v) is 2.36. The standard InChI is InChI=1S/C8H5O9P/c9-4-1-3(2-5(10)6(4)11)7(12)14-8-15-18(13,16-8)17-8/h1-2,9-11H. The number of carbonyl (C=O) groups excluding carboxylic acids is 1. The van der Waals surface area contributed by atoms with Crippen LogP contribution in [0.15, 0.2) is 12.1 Å². The molecule has 10 heteroatoms. The lowest BCUT2D eigenvalue weighted by molar-refractivity contribution is -0.522. The highest BCUT2D eigenvalue weighted by atomic mass is 31.2. The number of phosphoric acid groups is 1. The summed E-state index contributed by atoms with van der Waals surface area (Å²) < 4.78 is 28.8. The number of rotatable bonds is 2. The number of ether oxygens (including phenoxy) is 1. The largest absolute Gasteiger partial charge is 0.504 e. The second-order valence-electron chi connectivity index (χ2n) is 3.47. The first kappa shape index (κ1) is 11.3. The second kappa shape index (κ2) is 3.15. The molecule has 3 aliphatic rings. The molecule has 2 bridgehead atoms. The Kier molecular flexibility index (Phi) is 1.98. The van der Waals surface area contributed by atoms with E-state index in [2.05, 4.69) is 18.3 Å². The summed E-state index contributed by atoms with van der Waals surface area (Å²) >= 11 is 0. The van der Waals surface area contributed by atoms with E-state index in [-0.39, 0.29) is 5.56 Å². The van der Waals surface area contributed by atoms with E-state index in [1.165, 1.54) is 0 Å². The van der Waals surface area contributed by atoms with Crippen molar-refractivity contribution in [2.45, 2.75) is 6.16 Å². The van der Waals surface area contributed by atoms with E-state index in [1.54, 1.807) is 0 Å². The summed E-state index contributed by atoms with van der Waals surface area (Å²) in [5.41, 5.74) is -0.290. The van der Waals surface area contributed by atoms with E-state index >= 15 is 0 Å². The molecule has 9 nitrogen and oxygen atoms in total. The second-order valence-corrected chi connectivity index (χ2v) is 4.92. The minimum absolute atomic E-state index is 0.290. The van der Waals surface area contributed by atoms with Crippen molar-refractivity contribution in [1.82, 2.24) is 0 Å². The van der Waals surface area contributed by atoms with Crippen LogP contribution < -0.4 is 0 Å². The number of phenols is 3. The van der Waals surface area contributed by atoms with Gasteiger partial charge >= 0.3 is 20.0 Å². The number of hydrogen-bond acceptors (Lipinski definition) is 9. The fourth-order valence-electron chi connectivity index (χ4n) is 1.38. The third-order valence-corrected chi connectivity index (χ3v) is 3.54. The first-order chi connectivity index (χ1) is 8.33. The third-order valence-electron chi connectivity index (χ3n) is 2.19. The lowest BCUT2D eigenvalue weighted by atomic mass is 10.2. The summed E-state index contributed by atoms with van der Waals surface area (Å²) in [6, 6.07) is 1.70. The molecule has 1 aromatic carbocycles. The monoisotopic (exact) mass is 276 g/mol. The van der Waals surface area contributed by atoms with Gasteiger partial charge in [0.25, 0.3) is 0 Å². The molecule has 3 aliphatic heterocycles. The van der Waals surface area contributed by atoms with E-state index in [0.29, 0.717) is 0 Å². The van der Waals surface area contributed by atoms with Crippen molar-refractivity contribution in [3.63, 3.8) is 0 Å². The zero-order chi connectivity index (χ0) is 13.1. The Morgan fingerprint density at radius 2 is 1.67 bits per heavy atom. The minimum atomic E-state index is -3.48. The molecule has 3 heterocycles. The van der Waals surface area contributed by atoms with E-state index < -0.39 is 37.2 Å². The first-order valence-electron chi connectivity index (χ1n) is 4.53. The van der Waals surface area contributed by atoms with Crippen LogP contribution in [0.3, 0.4) is 0 Å². The number of phosphoric ester groups is 1. The van der Waals surface area contributed by atoms with Crippen LogP contribution in [0.5, 0.6) is 17.2 Å². The van der Waals surface area contributed by atoms with E-state index in [0.717, 1.165) is 12.1 Å². The molecule has 0 amide bonds. The van der Waals surface area contributed by atoms with Gasteiger partial charge in [0.2, 0.25) is 0 Å². The molecular formula is C8H5O9P. The SMILES string of the molecule is O=C(OC12OP(=O)(O1)O2)c1cc(O)c(O)c(O)c1. The average molecular weight is 276 g/mol. The molecule has 1 aromatic rings. The van der Waals surface area contributed by atoms with Crippen LogP contribution in [-0.4, -0.2) is 27.4 Å². The molecule has 18 heavy (non-hydrogen) atoms. The molecule has 0 radical (unpaired) electrons. The molecular weight excluding hydrogens is 271 g/mol. The van der Waals surface area contributed by atoms with Crippen molar-refractivity contribution >= 4 is 13.8 Å². The summed E-state index contributed by atoms with van der Waals surface area (Å²) in [4.78, 5) is 11.5. The van der Waals surface area contributed by atoms with Crippen molar-refractivity contribution in [1.29, 1.82) is 0 Å². The van der Waals surface area contributed by atoms with Crippen LogP contribution in [0.25, 0.3) is 0 Å². The summed E-state index contributed by atoms with van der Waals surface area (Å²) in [6.45, 7) is 0. The van der Waals surface area contributed by atoms with Gasteiger partial charge in [-0.3, -0.25) is 0 Å². The summed E-state index contributed by atoms with van der Waals surface area (Å²) in [5, 5.41) is 27.5. The molecule has 3 N–H and O–H groups in total. The average Bonchev–Trinajstić information content (AvgIpc) is 2.21. The van der Waals surface area contributed by atoms with E-state index in [4.69, 9.17) is 5.11 Å². The van der Waals surface area contributed by atoms with Crippen LogP contribution in [0.1, 0.15) is 10.4 Å². The van der Waals surface area contributed by atoms with Gasteiger partial charge in [0, 0.05) is 0 Å². The topological polar surface area (TPSA) is 132 Å². The predicted molar refractivity (Wildman–Crippen MR) is 50.4 cm³/mol. The molecule has 96 valence electrons. The highest BCUT2D eigenvalue weighted by molar-refractivity contribution is 7.51. The van der Waals surface area contributed by atoms with Gasteiger partial charge in [-0.2, -0.15) is 13.6 Å². The first-order valence-corrected chi connectivity index (χ1v) is 5.99. The molecule has 3 fully saturated rings. The Hall–Kier alpha value is -1.80. The van der Waals surface area contributed by atoms with Gasteiger partial charge in [-0.25, -0.2) is 9.36 Å². The van der Waals surface area contributed by atoms with Gasteiger partial charge < -0.3 is 20.1 Å². The smallest absolute Gasteiger partial charge is 0.496 e. The van der Waals surface area contributed by atoms with Crippen molar-refractivity contribution in [3.8, 4) is 17.2 Å². The number of carbonyl (C=O) groups is 1. The van der Waals surface area contributed by atoms with E-state index in [9.17, 15) is 19.6 Å². The number of aromatic hydroxyl groups is 3. The van der Waals surface area contributed by atoms with Gasteiger partial charge in [-0.1, -0.05) is 0 Å². The van der Waals surface area contributed by atoms with Gasteiger partial charge in [0.1, 0.15) is 0 Å². The number of esters is 1. The van der Waals surface area contributed by atoms with Crippen molar-refractivity contribution in [2.24, 2.45) is 0 Å². The Balaban J connectivity index is 1.79. The van der Waals surface area contributed by atoms with E-state index in [1.807, 2.05) is 0 Å². The number of hydrogen-bond donors (Lipinski definition) is 3. The predicted octanol–water partition coefficient (Wildman–Crippen LogP) is 0.757. The Labute approximate surface area is 98.7 Å². The summed E-state index contributed by atoms with van der Waals surface area (Å²) in [5.74, 6) is -3.28. The highest BCUT2D eigenvalue weighted by Crippen LogP contribution is 2.80. The Morgan fingerprint density at radius 1 is 1.17 bits per heavy atom. The van der Waals surface area contributed by atoms with Crippen LogP contribution in [0, 0.1) is 0 Å². The Bertz CT molecular complexity index is 559. The maximum atomic E-state index is 11.5. The lowest BCUT2D eigenvalue weighted by Gasteiger charge is -2.51. The third kappa shape index (κ3) is 1.46. The van der Waals surface area contributed by atoms with Gasteiger partial charge in [0.05, 0.1) is 5.56 Å². The minimum Gasteiger partial charge on any atom is -0.504 e. The maximum Gasteiger partial charge on any atom is 0.496 e. The van der Waals surface area contributed by atoms with Crippen LogP contribution in [0.4, 0.5) is 0 Å². The van der Waals surface area contributed by atoms with Crippen LogP contribution in [0.2, 0.25) is 0 Å².